The summed E-state index contributed by atoms with van der Waals surface area (Å²) in [4.78, 5) is 28.8. The molecule has 3 rings (SSSR count). The molecule has 3 N–H and O–H groups in total. The zero-order chi connectivity index (χ0) is 17.5. The standard InChI is InChI=1S/C19H22N4O2.2ClH/c24-18(22-13-17-7-1-2-10-21-17)14-5-3-8-16(11-14)23-19(25)15-6-4-9-20-12-15;;/h1-3,5,7-8,10-11,15,20H,4,6,9,12-13H2,(H,22,24)(H,23,25);2*1H. The van der Waals surface area contributed by atoms with Crippen molar-refractivity contribution in [2.45, 2.75) is 19.4 Å². The lowest BCUT2D eigenvalue weighted by atomic mass is 9.98. The van der Waals surface area contributed by atoms with Crippen LogP contribution in [-0.4, -0.2) is 29.9 Å². The van der Waals surface area contributed by atoms with E-state index in [1.54, 1.807) is 30.5 Å². The van der Waals surface area contributed by atoms with Crippen molar-refractivity contribution in [2.24, 2.45) is 5.92 Å². The number of rotatable bonds is 5. The quantitative estimate of drug-likeness (QED) is 0.707. The molecule has 0 radical (unpaired) electrons. The Balaban J connectivity index is 0.00000182. The molecule has 1 unspecified atom stereocenters. The molecule has 0 bridgehead atoms. The van der Waals surface area contributed by atoms with Gasteiger partial charge >= 0.3 is 0 Å². The van der Waals surface area contributed by atoms with Gasteiger partial charge < -0.3 is 16.0 Å². The molecule has 1 atom stereocenters. The number of amides is 2. The lowest BCUT2D eigenvalue weighted by molar-refractivity contribution is -0.120. The van der Waals surface area contributed by atoms with E-state index in [1.165, 1.54) is 0 Å². The second-order valence-electron chi connectivity index (χ2n) is 6.12. The largest absolute Gasteiger partial charge is 0.346 e. The Hall–Kier alpha value is -2.15. The predicted octanol–water partition coefficient (Wildman–Crippen LogP) is 2.79. The highest BCUT2D eigenvalue weighted by molar-refractivity contribution is 5.97. The fraction of sp³-hybridized carbons (Fsp3) is 0.316. The van der Waals surface area contributed by atoms with Crippen LogP contribution in [0.25, 0.3) is 0 Å². The number of anilines is 1. The van der Waals surface area contributed by atoms with Crippen LogP contribution in [0.15, 0.2) is 48.7 Å². The normalized spacial score (nSPS) is 15.6. The Morgan fingerprint density at radius 3 is 2.70 bits per heavy atom. The number of nitrogens with zero attached hydrogens (tertiary/aromatic N) is 1. The van der Waals surface area contributed by atoms with Crippen LogP contribution < -0.4 is 16.0 Å². The summed E-state index contributed by atoms with van der Waals surface area (Å²) in [5.41, 5.74) is 1.95. The van der Waals surface area contributed by atoms with Crippen molar-refractivity contribution in [1.82, 2.24) is 15.6 Å². The van der Waals surface area contributed by atoms with E-state index in [0.29, 0.717) is 24.3 Å². The van der Waals surface area contributed by atoms with Gasteiger partial charge in [-0.15, -0.1) is 24.8 Å². The monoisotopic (exact) mass is 410 g/mol. The van der Waals surface area contributed by atoms with Crippen molar-refractivity contribution in [3.05, 3.63) is 59.9 Å². The van der Waals surface area contributed by atoms with Gasteiger partial charge in [0.15, 0.2) is 0 Å². The predicted molar refractivity (Wildman–Crippen MR) is 111 cm³/mol. The molecular weight excluding hydrogens is 387 g/mol. The number of piperidine rings is 1. The summed E-state index contributed by atoms with van der Waals surface area (Å²) in [5.74, 6) is -0.213. The van der Waals surface area contributed by atoms with E-state index in [-0.39, 0.29) is 42.5 Å². The number of hydrogen-bond acceptors (Lipinski definition) is 4. The molecule has 2 aromatic rings. The van der Waals surface area contributed by atoms with Gasteiger partial charge in [0.2, 0.25) is 5.91 Å². The molecule has 0 saturated carbocycles. The zero-order valence-electron chi connectivity index (χ0n) is 14.8. The molecule has 27 heavy (non-hydrogen) atoms. The first-order valence-corrected chi connectivity index (χ1v) is 8.52. The highest BCUT2D eigenvalue weighted by atomic mass is 35.5. The minimum Gasteiger partial charge on any atom is -0.346 e. The third-order valence-electron chi connectivity index (χ3n) is 4.22. The first-order chi connectivity index (χ1) is 12.2. The maximum absolute atomic E-state index is 12.3. The Morgan fingerprint density at radius 2 is 2.00 bits per heavy atom. The number of nitrogens with one attached hydrogen (secondary N) is 3. The topological polar surface area (TPSA) is 83.1 Å². The van der Waals surface area contributed by atoms with Gasteiger partial charge in [-0.05, 0) is 49.7 Å². The van der Waals surface area contributed by atoms with Crippen molar-refractivity contribution in [3.8, 4) is 0 Å². The fourth-order valence-electron chi connectivity index (χ4n) is 2.83. The number of hydrogen-bond donors (Lipinski definition) is 3. The van der Waals surface area contributed by atoms with E-state index in [0.717, 1.165) is 25.1 Å². The Bertz CT molecular complexity index is 737. The van der Waals surface area contributed by atoms with Crippen LogP contribution in [0.5, 0.6) is 0 Å². The van der Waals surface area contributed by atoms with E-state index in [1.807, 2.05) is 18.2 Å². The number of aromatic nitrogens is 1. The Kier molecular flexibility index (Phi) is 9.78. The van der Waals surface area contributed by atoms with Gasteiger partial charge in [-0.2, -0.15) is 0 Å². The molecule has 1 saturated heterocycles. The lowest BCUT2D eigenvalue weighted by Gasteiger charge is -2.22. The van der Waals surface area contributed by atoms with E-state index >= 15 is 0 Å². The van der Waals surface area contributed by atoms with Crippen LogP contribution in [0.2, 0.25) is 0 Å². The van der Waals surface area contributed by atoms with Gasteiger partial charge in [0.1, 0.15) is 0 Å². The number of pyridine rings is 1. The molecule has 1 aliphatic heterocycles. The first kappa shape index (κ1) is 22.9. The molecule has 1 aromatic carbocycles. The second-order valence-corrected chi connectivity index (χ2v) is 6.12. The van der Waals surface area contributed by atoms with Crippen molar-refractivity contribution in [2.75, 3.05) is 18.4 Å². The minimum absolute atomic E-state index is 0. The number of carbonyl (C=O) groups excluding carboxylic acids is 2. The molecule has 6 nitrogen and oxygen atoms in total. The van der Waals surface area contributed by atoms with Crippen molar-refractivity contribution in [3.63, 3.8) is 0 Å². The molecule has 2 heterocycles. The number of carbonyl (C=O) groups is 2. The molecule has 1 aromatic heterocycles. The van der Waals surface area contributed by atoms with E-state index < -0.39 is 0 Å². The summed E-state index contributed by atoms with van der Waals surface area (Å²) < 4.78 is 0. The summed E-state index contributed by atoms with van der Waals surface area (Å²) in [6.45, 7) is 2.04. The number of halogens is 2. The van der Waals surface area contributed by atoms with Crippen LogP contribution in [0.4, 0.5) is 5.69 Å². The Labute approximate surface area is 171 Å². The molecule has 8 heteroatoms. The van der Waals surface area contributed by atoms with Crippen LogP contribution in [0, 0.1) is 5.92 Å². The van der Waals surface area contributed by atoms with Crippen molar-refractivity contribution < 1.29 is 9.59 Å². The van der Waals surface area contributed by atoms with Crippen LogP contribution in [-0.2, 0) is 11.3 Å². The molecule has 1 aliphatic rings. The van der Waals surface area contributed by atoms with Gasteiger partial charge in [-0.3, -0.25) is 14.6 Å². The van der Waals surface area contributed by atoms with Crippen LogP contribution >= 0.6 is 24.8 Å². The van der Waals surface area contributed by atoms with E-state index in [2.05, 4.69) is 20.9 Å². The molecule has 0 spiro atoms. The smallest absolute Gasteiger partial charge is 0.251 e. The molecule has 1 fully saturated rings. The van der Waals surface area contributed by atoms with Crippen LogP contribution in [0.1, 0.15) is 28.9 Å². The summed E-state index contributed by atoms with van der Waals surface area (Å²) in [7, 11) is 0. The highest BCUT2D eigenvalue weighted by Crippen LogP contribution is 2.15. The summed E-state index contributed by atoms with van der Waals surface area (Å²) in [6, 6.07) is 12.6. The maximum Gasteiger partial charge on any atom is 0.251 e. The molecular formula is C19H24Cl2N4O2. The van der Waals surface area contributed by atoms with Gasteiger partial charge in [0.25, 0.3) is 5.91 Å². The average molecular weight is 411 g/mol. The van der Waals surface area contributed by atoms with Gasteiger partial charge in [-0.25, -0.2) is 0 Å². The minimum atomic E-state index is -0.193. The van der Waals surface area contributed by atoms with Crippen LogP contribution in [0.3, 0.4) is 0 Å². The van der Waals surface area contributed by atoms with Crippen molar-refractivity contribution >= 4 is 42.3 Å². The summed E-state index contributed by atoms with van der Waals surface area (Å²) in [5, 5.41) is 8.98. The van der Waals surface area contributed by atoms with E-state index in [4.69, 9.17) is 0 Å². The molecule has 0 aliphatic carbocycles. The van der Waals surface area contributed by atoms with Gasteiger partial charge in [0, 0.05) is 24.0 Å². The third-order valence-corrected chi connectivity index (χ3v) is 4.22. The Morgan fingerprint density at radius 1 is 1.15 bits per heavy atom. The van der Waals surface area contributed by atoms with Gasteiger partial charge in [-0.1, -0.05) is 12.1 Å². The van der Waals surface area contributed by atoms with Crippen molar-refractivity contribution in [1.29, 1.82) is 0 Å². The second kappa shape index (κ2) is 11.5. The van der Waals surface area contributed by atoms with E-state index in [9.17, 15) is 9.59 Å². The maximum atomic E-state index is 12.3. The molecule has 2 amide bonds. The lowest BCUT2D eigenvalue weighted by Crippen LogP contribution is -2.37. The average Bonchev–Trinajstić information content (AvgIpc) is 2.68. The number of benzene rings is 1. The fourth-order valence-corrected chi connectivity index (χ4v) is 2.83. The summed E-state index contributed by atoms with van der Waals surface area (Å²) >= 11 is 0. The SMILES string of the molecule is Cl.Cl.O=C(NCc1ccccn1)c1cccc(NC(=O)C2CCCNC2)c1. The highest BCUT2D eigenvalue weighted by Gasteiger charge is 2.21. The zero-order valence-corrected chi connectivity index (χ0v) is 16.4. The third kappa shape index (κ3) is 6.82. The van der Waals surface area contributed by atoms with Gasteiger partial charge in [0.05, 0.1) is 18.2 Å². The first-order valence-electron chi connectivity index (χ1n) is 8.52. The summed E-state index contributed by atoms with van der Waals surface area (Å²) in [6.07, 6.45) is 3.59. The molecule has 146 valence electrons.